The van der Waals surface area contributed by atoms with Crippen LogP contribution in [0.25, 0.3) is 0 Å². The molecule has 0 aliphatic carbocycles. The molecule has 0 aliphatic heterocycles. The van der Waals surface area contributed by atoms with Crippen LogP contribution in [-0.2, 0) is 16.4 Å². The van der Waals surface area contributed by atoms with E-state index in [4.69, 9.17) is 0 Å². The third-order valence-electron chi connectivity index (χ3n) is 3.28. The average Bonchev–Trinajstić information content (AvgIpc) is 2.45. The van der Waals surface area contributed by atoms with Gasteiger partial charge in [-0.1, -0.05) is 47.5 Å². The summed E-state index contributed by atoms with van der Waals surface area (Å²) in [6, 6.07) is 12.5. The Labute approximate surface area is 134 Å². The topological polar surface area (TPSA) is 46.2 Å². The molecule has 0 fully saturated rings. The van der Waals surface area contributed by atoms with Gasteiger partial charge in [0.2, 0.25) is 0 Å². The van der Waals surface area contributed by atoms with Gasteiger partial charge in [-0.2, -0.15) is 0 Å². The van der Waals surface area contributed by atoms with Crippen molar-refractivity contribution >= 4 is 31.6 Å². The van der Waals surface area contributed by atoms with Crippen LogP contribution in [0.4, 0.5) is 5.69 Å². The molecule has 0 atom stereocenters. The molecule has 2 aromatic rings. The summed E-state index contributed by atoms with van der Waals surface area (Å²) in [5.74, 6) is 0. The zero-order valence-electron chi connectivity index (χ0n) is 12.1. The summed E-state index contributed by atoms with van der Waals surface area (Å²) in [7, 11) is -3.56. The summed E-state index contributed by atoms with van der Waals surface area (Å²) in [5.41, 5.74) is 2.60. The van der Waals surface area contributed by atoms with Crippen molar-refractivity contribution in [3.8, 4) is 0 Å². The number of hydrogen-bond donors (Lipinski definition) is 1. The molecule has 112 valence electrons. The SMILES string of the molecule is CCCc1ccc(S(=O)(=O)Nc2cccc(Br)c2C)cc1. The Morgan fingerprint density at radius 2 is 1.76 bits per heavy atom. The normalized spacial score (nSPS) is 11.4. The smallest absolute Gasteiger partial charge is 0.261 e. The number of halogens is 1. The van der Waals surface area contributed by atoms with E-state index in [0.717, 1.165) is 28.4 Å². The van der Waals surface area contributed by atoms with Crippen LogP contribution >= 0.6 is 15.9 Å². The molecule has 0 aromatic heterocycles. The van der Waals surface area contributed by atoms with Gasteiger partial charge in [0.25, 0.3) is 10.0 Å². The number of nitrogens with one attached hydrogen (secondary N) is 1. The molecular weight excluding hydrogens is 350 g/mol. The molecule has 0 amide bonds. The highest BCUT2D eigenvalue weighted by molar-refractivity contribution is 9.10. The molecule has 0 radical (unpaired) electrons. The minimum atomic E-state index is -3.56. The van der Waals surface area contributed by atoms with Crippen LogP contribution in [0.3, 0.4) is 0 Å². The molecule has 3 nitrogen and oxygen atoms in total. The largest absolute Gasteiger partial charge is 0.279 e. The Morgan fingerprint density at radius 1 is 1.10 bits per heavy atom. The van der Waals surface area contributed by atoms with Crippen molar-refractivity contribution in [2.24, 2.45) is 0 Å². The van der Waals surface area contributed by atoms with Crippen molar-refractivity contribution in [2.45, 2.75) is 31.6 Å². The summed E-state index contributed by atoms with van der Waals surface area (Å²) in [6.45, 7) is 3.97. The van der Waals surface area contributed by atoms with Gasteiger partial charge < -0.3 is 0 Å². The first-order chi connectivity index (χ1) is 9.94. The predicted octanol–water partition coefficient (Wildman–Crippen LogP) is 4.51. The van der Waals surface area contributed by atoms with Gasteiger partial charge in [-0.25, -0.2) is 8.42 Å². The van der Waals surface area contributed by atoms with Crippen molar-refractivity contribution in [2.75, 3.05) is 4.72 Å². The van der Waals surface area contributed by atoms with Crippen molar-refractivity contribution < 1.29 is 8.42 Å². The van der Waals surface area contributed by atoms with E-state index in [1.54, 1.807) is 24.3 Å². The van der Waals surface area contributed by atoms with Gasteiger partial charge in [0, 0.05) is 4.47 Å². The van der Waals surface area contributed by atoms with Crippen LogP contribution in [0.1, 0.15) is 24.5 Å². The van der Waals surface area contributed by atoms with Crippen molar-refractivity contribution in [3.05, 3.63) is 58.1 Å². The average molecular weight is 368 g/mol. The van der Waals surface area contributed by atoms with Gasteiger partial charge in [0.05, 0.1) is 10.6 Å². The van der Waals surface area contributed by atoms with Crippen LogP contribution in [0, 0.1) is 6.92 Å². The number of hydrogen-bond acceptors (Lipinski definition) is 2. The van der Waals surface area contributed by atoms with Gasteiger partial charge in [-0.15, -0.1) is 0 Å². The first-order valence-corrected chi connectivity index (χ1v) is 9.08. The highest BCUT2D eigenvalue weighted by atomic mass is 79.9. The Balaban J connectivity index is 2.27. The number of aryl methyl sites for hydroxylation is 1. The third-order valence-corrected chi connectivity index (χ3v) is 5.52. The number of rotatable bonds is 5. The van der Waals surface area contributed by atoms with Crippen molar-refractivity contribution in [3.63, 3.8) is 0 Å². The van der Waals surface area contributed by atoms with E-state index < -0.39 is 10.0 Å². The lowest BCUT2D eigenvalue weighted by Crippen LogP contribution is -2.13. The van der Waals surface area contributed by atoms with E-state index in [0.29, 0.717) is 5.69 Å². The molecule has 2 rings (SSSR count). The lowest BCUT2D eigenvalue weighted by atomic mass is 10.1. The lowest BCUT2D eigenvalue weighted by molar-refractivity contribution is 0.601. The Bertz CT molecular complexity index is 724. The van der Waals surface area contributed by atoms with E-state index in [-0.39, 0.29) is 4.90 Å². The lowest BCUT2D eigenvalue weighted by Gasteiger charge is -2.12. The molecule has 0 spiro atoms. The van der Waals surface area contributed by atoms with E-state index >= 15 is 0 Å². The predicted molar refractivity (Wildman–Crippen MR) is 90.1 cm³/mol. The van der Waals surface area contributed by atoms with Crippen LogP contribution in [-0.4, -0.2) is 8.42 Å². The molecule has 5 heteroatoms. The van der Waals surface area contributed by atoms with Gasteiger partial charge in [-0.3, -0.25) is 4.72 Å². The maximum absolute atomic E-state index is 12.4. The monoisotopic (exact) mass is 367 g/mol. The number of benzene rings is 2. The first-order valence-electron chi connectivity index (χ1n) is 6.81. The maximum Gasteiger partial charge on any atom is 0.261 e. The summed E-state index contributed by atoms with van der Waals surface area (Å²) >= 11 is 3.40. The van der Waals surface area contributed by atoms with E-state index in [2.05, 4.69) is 27.6 Å². The number of sulfonamides is 1. The standard InChI is InChI=1S/C16H18BrNO2S/c1-3-5-13-8-10-14(11-9-13)21(19,20)18-16-7-4-6-15(17)12(16)2/h4,6-11,18H,3,5H2,1-2H3. The van der Waals surface area contributed by atoms with Crippen molar-refractivity contribution in [1.29, 1.82) is 0 Å². The molecule has 0 saturated carbocycles. The molecule has 0 aliphatic rings. The molecule has 0 bridgehead atoms. The maximum atomic E-state index is 12.4. The zero-order valence-corrected chi connectivity index (χ0v) is 14.5. The fourth-order valence-corrected chi connectivity index (χ4v) is 3.53. The molecule has 2 aromatic carbocycles. The second kappa shape index (κ2) is 6.62. The summed E-state index contributed by atoms with van der Waals surface area (Å²) in [4.78, 5) is 0.279. The molecule has 0 saturated heterocycles. The van der Waals surface area contributed by atoms with E-state index in [1.807, 2.05) is 25.1 Å². The minimum Gasteiger partial charge on any atom is -0.279 e. The molecule has 21 heavy (non-hydrogen) atoms. The van der Waals surface area contributed by atoms with Crippen LogP contribution in [0.5, 0.6) is 0 Å². The fraction of sp³-hybridized carbons (Fsp3) is 0.250. The van der Waals surface area contributed by atoms with E-state index in [1.165, 1.54) is 0 Å². The van der Waals surface area contributed by atoms with E-state index in [9.17, 15) is 8.42 Å². The first kappa shape index (κ1) is 16.0. The molecule has 0 heterocycles. The van der Waals surface area contributed by atoms with Gasteiger partial charge in [-0.05, 0) is 48.7 Å². The summed E-state index contributed by atoms with van der Waals surface area (Å²) in [5, 5.41) is 0. The third kappa shape index (κ3) is 3.86. The highest BCUT2D eigenvalue weighted by Gasteiger charge is 2.15. The van der Waals surface area contributed by atoms with Gasteiger partial charge >= 0.3 is 0 Å². The Hall–Kier alpha value is -1.33. The van der Waals surface area contributed by atoms with Crippen LogP contribution in [0.15, 0.2) is 51.8 Å². The second-order valence-corrected chi connectivity index (χ2v) is 7.45. The molecular formula is C16H18BrNO2S. The zero-order chi connectivity index (χ0) is 15.5. The van der Waals surface area contributed by atoms with Gasteiger partial charge in [0.1, 0.15) is 0 Å². The highest BCUT2D eigenvalue weighted by Crippen LogP contribution is 2.25. The number of anilines is 1. The molecule has 1 N–H and O–H groups in total. The fourth-order valence-electron chi connectivity index (χ4n) is 2.05. The van der Waals surface area contributed by atoms with Gasteiger partial charge in [0.15, 0.2) is 0 Å². The van der Waals surface area contributed by atoms with Crippen molar-refractivity contribution in [1.82, 2.24) is 0 Å². The Morgan fingerprint density at radius 3 is 2.38 bits per heavy atom. The summed E-state index contributed by atoms with van der Waals surface area (Å²) < 4.78 is 28.3. The Kier molecular flexibility index (Phi) is 5.06. The molecule has 0 unspecified atom stereocenters. The minimum absolute atomic E-state index is 0.279. The van der Waals surface area contributed by atoms with Crippen LogP contribution in [0.2, 0.25) is 0 Å². The second-order valence-electron chi connectivity index (χ2n) is 4.91. The quantitative estimate of drug-likeness (QED) is 0.844. The summed E-state index contributed by atoms with van der Waals surface area (Å²) in [6.07, 6.45) is 2.00. The van der Waals surface area contributed by atoms with Crippen LogP contribution < -0.4 is 4.72 Å².